The van der Waals surface area contributed by atoms with Gasteiger partial charge in [-0.2, -0.15) is 0 Å². The predicted molar refractivity (Wildman–Crippen MR) is 112 cm³/mol. The molecule has 0 bridgehead atoms. The van der Waals surface area contributed by atoms with Crippen molar-refractivity contribution in [3.05, 3.63) is 59.7 Å². The Kier molecular flexibility index (Phi) is 6.61. The van der Waals surface area contributed by atoms with Crippen molar-refractivity contribution in [2.24, 2.45) is 5.92 Å². The van der Waals surface area contributed by atoms with E-state index in [-0.39, 0.29) is 24.7 Å². The van der Waals surface area contributed by atoms with E-state index in [1.54, 1.807) is 29.2 Å². The summed E-state index contributed by atoms with van der Waals surface area (Å²) < 4.78 is 5.13. The highest BCUT2D eigenvalue weighted by Gasteiger charge is 2.37. The van der Waals surface area contributed by atoms with E-state index >= 15 is 0 Å². The highest BCUT2D eigenvalue weighted by molar-refractivity contribution is 6.04. The van der Waals surface area contributed by atoms with E-state index in [0.717, 1.165) is 17.7 Å². The number of para-hydroxylation sites is 2. The van der Waals surface area contributed by atoms with Crippen LogP contribution in [0.2, 0.25) is 0 Å². The Balaban J connectivity index is 1.57. The lowest BCUT2D eigenvalue weighted by Crippen LogP contribution is -2.28. The molecule has 156 valence electrons. The maximum Gasteiger partial charge on any atom is 0.311 e. The van der Waals surface area contributed by atoms with Gasteiger partial charge < -0.3 is 15.0 Å². The topological polar surface area (TPSA) is 92.8 Å². The minimum absolute atomic E-state index is 0.0473. The smallest absolute Gasteiger partial charge is 0.311 e. The molecule has 0 aromatic heterocycles. The molecule has 3 rings (SSSR count). The van der Waals surface area contributed by atoms with Gasteiger partial charge in [-0.05, 0) is 37.1 Å². The number of nitrogens with one attached hydrogen (secondary N) is 1. The summed E-state index contributed by atoms with van der Waals surface area (Å²) in [5.74, 6) is -2.08. The van der Waals surface area contributed by atoms with E-state index < -0.39 is 24.4 Å². The van der Waals surface area contributed by atoms with Gasteiger partial charge in [0, 0.05) is 24.2 Å². The van der Waals surface area contributed by atoms with Crippen LogP contribution in [-0.2, 0) is 25.5 Å². The molecule has 2 aromatic carbocycles. The average molecular weight is 408 g/mol. The summed E-state index contributed by atoms with van der Waals surface area (Å²) in [6.07, 6.45) is 0.822. The van der Waals surface area contributed by atoms with Crippen LogP contribution >= 0.6 is 0 Å². The molecule has 1 aliphatic heterocycles. The minimum Gasteiger partial charge on any atom is -0.455 e. The normalized spacial score (nSPS) is 15.7. The molecule has 1 heterocycles. The van der Waals surface area contributed by atoms with Crippen LogP contribution in [0.25, 0.3) is 0 Å². The number of ether oxygens (including phenoxy) is 1. The first-order valence-electron chi connectivity index (χ1n) is 9.85. The Morgan fingerprint density at radius 2 is 1.80 bits per heavy atom. The standard InChI is InChI=1S/C23H24N2O5/c1-3-16-8-4-7-11-20(16)25-13-17(12-22(25)28)23(29)30-14-21(27)24-19-10-6-5-9-18(19)15(2)26/h4-11,17H,3,12-14H2,1-2H3,(H,24,27)/t17-/m1/s1. The summed E-state index contributed by atoms with van der Waals surface area (Å²) in [4.78, 5) is 50.3. The first-order chi connectivity index (χ1) is 14.4. The summed E-state index contributed by atoms with van der Waals surface area (Å²) in [6, 6.07) is 14.2. The molecule has 1 N–H and O–H groups in total. The molecule has 2 aromatic rings. The summed E-state index contributed by atoms with van der Waals surface area (Å²) >= 11 is 0. The van der Waals surface area contributed by atoms with Gasteiger partial charge in [0.1, 0.15) is 0 Å². The predicted octanol–water partition coefficient (Wildman–Crippen LogP) is 2.99. The number of rotatable bonds is 7. The summed E-state index contributed by atoms with van der Waals surface area (Å²) in [5.41, 5.74) is 2.58. The fraction of sp³-hybridized carbons (Fsp3) is 0.304. The Hall–Kier alpha value is -3.48. The number of nitrogens with zero attached hydrogens (tertiary/aromatic N) is 1. The Morgan fingerprint density at radius 1 is 1.10 bits per heavy atom. The average Bonchev–Trinajstić information content (AvgIpc) is 3.13. The molecule has 0 saturated carbocycles. The number of hydrogen-bond acceptors (Lipinski definition) is 5. The van der Waals surface area contributed by atoms with Gasteiger partial charge in [-0.25, -0.2) is 0 Å². The van der Waals surface area contributed by atoms with E-state index in [2.05, 4.69) is 5.32 Å². The van der Waals surface area contributed by atoms with Crippen molar-refractivity contribution in [1.82, 2.24) is 0 Å². The third kappa shape index (κ3) is 4.74. The number of amides is 2. The monoisotopic (exact) mass is 408 g/mol. The molecule has 30 heavy (non-hydrogen) atoms. The highest BCUT2D eigenvalue weighted by Crippen LogP contribution is 2.29. The van der Waals surface area contributed by atoms with Gasteiger partial charge in [0.2, 0.25) is 5.91 Å². The number of benzene rings is 2. The second-order valence-electron chi connectivity index (χ2n) is 7.15. The van der Waals surface area contributed by atoms with Gasteiger partial charge >= 0.3 is 5.97 Å². The minimum atomic E-state index is -0.625. The van der Waals surface area contributed by atoms with Crippen molar-refractivity contribution in [3.63, 3.8) is 0 Å². The van der Waals surface area contributed by atoms with Gasteiger partial charge in [0.25, 0.3) is 5.91 Å². The van der Waals surface area contributed by atoms with Crippen molar-refractivity contribution < 1.29 is 23.9 Å². The van der Waals surface area contributed by atoms with Crippen LogP contribution in [0.1, 0.15) is 36.2 Å². The lowest BCUT2D eigenvalue weighted by molar-refractivity contribution is -0.151. The first-order valence-corrected chi connectivity index (χ1v) is 9.85. The zero-order valence-electron chi connectivity index (χ0n) is 17.0. The molecule has 0 aliphatic carbocycles. The van der Waals surface area contributed by atoms with Gasteiger partial charge in [-0.1, -0.05) is 37.3 Å². The highest BCUT2D eigenvalue weighted by atomic mass is 16.5. The number of anilines is 2. The van der Waals surface area contributed by atoms with Gasteiger partial charge in [0.05, 0.1) is 11.6 Å². The van der Waals surface area contributed by atoms with E-state index in [0.29, 0.717) is 11.3 Å². The van der Waals surface area contributed by atoms with Crippen molar-refractivity contribution in [2.75, 3.05) is 23.4 Å². The SMILES string of the molecule is CCc1ccccc1N1C[C@H](C(=O)OCC(=O)Nc2ccccc2C(C)=O)CC1=O. The van der Waals surface area contributed by atoms with Crippen LogP contribution < -0.4 is 10.2 Å². The van der Waals surface area contributed by atoms with Crippen LogP contribution in [0.3, 0.4) is 0 Å². The third-order valence-electron chi connectivity index (χ3n) is 5.05. The molecule has 1 fully saturated rings. The number of carbonyl (C=O) groups excluding carboxylic acids is 4. The Bertz CT molecular complexity index is 985. The maximum absolute atomic E-state index is 12.4. The Labute approximate surface area is 175 Å². The second-order valence-corrected chi connectivity index (χ2v) is 7.15. The van der Waals surface area contributed by atoms with Gasteiger partial charge in [-0.3, -0.25) is 19.2 Å². The van der Waals surface area contributed by atoms with E-state index in [1.165, 1.54) is 6.92 Å². The Morgan fingerprint density at radius 3 is 2.53 bits per heavy atom. The molecule has 0 spiro atoms. The lowest BCUT2D eigenvalue weighted by atomic mass is 10.1. The van der Waals surface area contributed by atoms with Crippen LogP contribution in [0, 0.1) is 5.92 Å². The van der Waals surface area contributed by atoms with Crippen LogP contribution in [0.4, 0.5) is 11.4 Å². The summed E-state index contributed by atoms with van der Waals surface area (Å²) in [5, 5.41) is 2.58. The van der Waals surface area contributed by atoms with Gasteiger partial charge in [-0.15, -0.1) is 0 Å². The second kappa shape index (κ2) is 9.35. The molecule has 2 amide bonds. The molecule has 1 atom stereocenters. The molecule has 0 radical (unpaired) electrons. The molecular formula is C23H24N2O5. The zero-order valence-corrected chi connectivity index (χ0v) is 17.0. The van der Waals surface area contributed by atoms with Crippen LogP contribution in [-0.4, -0.2) is 36.7 Å². The van der Waals surface area contributed by atoms with E-state index in [4.69, 9.17) is 4.74 Å². The molecular weight excluding hydrogens is 384 g/mol. The number of hydrogen-bond donors (Lipinski definition) is 1. The maximum atomic E-state index is 12.4. The number of carbonyl (C=O) groups is 4. The number of aryl methyl sites for hydroxylation is 1. The number of ketones is 1. The van der Waals surface area contributed by atoms with Gasteiger partial charge in [0.15, 0.2) is 12.4 Å². The molecule has 7 heteroatoms. The largest absolute Gasteiger partial charge is 0.455 e. The van der Waals surface area contributed by atoms with Crippen LogP contribution in [0.5, 0.6) is 0 Å². The first kappa shape index (κ1) is 21.2. The number of Topliss-reactive ketones (excluding diaryl/α,β-unsaturated/α-hetero) is 1. The summed E-state index contributed by atoms with van der Waals surface area (Å²) in [7, 11) is 0. The zero-order chi connectivity index (χ0) is 21.7. The quantitative estimate of drug-likeness (QED) is 0.562. The molecule has 7 nitrogen and oxygen atoms in total. The fourth-order valence-corrected chi connectivity index (χ4v) is 3.51. The van der Waals surface area contributed by atoms with E-state index in [9.17, 15) is 19.2 Å². The lowest BCUT2D eigenvalue weighted by Gasteiger charge is -2.19. The fourth-order valence-electron chi connectivity index (χ4n) is 3.51. The van der Waals surface area contributed by atoms with Crippen molar-refractivity contribution in [3.8, 4) is 0 Å². The van der Waals surface area contributed by atoms with Crippen molar-refractivity contribution >= 4 is 34.9 Å². The van der Waals surface area contributed by atoms with Crippen molar-refractivity contribution in [1.29, 1.82) is 0 Å². The third-order valence-corrected chi connectivity index (χ3v) is 5.05. The summed E-state index contributed by atoms with van der Waals surface area (Å²) in [6.45, 7) is 3.16. The number of esters is 1. The molecule has 1 saturated heterocycles. The van der Waals surface area contributed by atoms with E-state index in [1.807, 2.05) is 31.2 Å². The van der Waals surface area contributed by atoms with Crippen molar-refractivity contribution in [2.45, 2.75) is 26.7 Å². The van der Waals surface area contributed by atoms with Crippen LogP contribution in [0.15, 0.2) is 48.5 Å². The molecule has 1 aliphatic rings. The molecule has 0 unspecified atom stereocenters.